The van der Waals surface area contributed by atoms with Crippen molar-refractivity contribution in [2.45, 2.75) is 25.4 Å². The highest BCUT2D eigenvalue weighted by Gasteiger charge is 2.39. The lowest BCUT2D eigenvalue weighted by molar-refractivity contribution is -0.138. The molecule has 3 aromatic rings. The van der Waals surface area contributed by atoms with Crippen LogP contribution >= 0.6 is 0 Å². The molecule has 1 aliphatic rings. The third-order valence-electron chi connectivity index (χ3n) is 4.63. The summed E-state index contributed by atoms with van der Waals surface area (Å²) < 4.78 is 41.9. The maximum Gasteiger partial charge on any atom is 0.416 e. The van der Waals surface area contributed by atoms with Crippen molar-refractivity contribution < 1.29 is 18.0 Å². The van der Waals surface area contributed by atoms with Crippen LogP contribution in [0.5, 0.6) is 0 Å². The van der Waals surface area contributed by atoms with Crippen molar-refractivity contribution in [3.63, 3.8) is 0 Å². The number of rotatable bonds is 2. The summed E-state index contributed by atoms with van der Waals surface area (Å²) in [5, 5.41) is 13.1. The number of carbonyl (C=O) groups is 1. The zero-order chi connectivity index (χ0) is 20.1. The molecule has 0 fully saturated rings. The Bertz CT molecular complexity index is 1110. The van der Waals surface area contributed by atoms with Crippen LogP contribution in [0.25, 0.3) is 5.82 Å². The number of aromatic nitrogens is 4. The van der Waals surface area contributed by atoms with Gasteiger partial charge in [-0.05, 0) is 24.6 Å². The molecule has 0 spiro atoms. The van der Waals surface area contributed by atoms with Gasteiger partial charge in [-0.25, -0.2) is 5.10 Å². The Balaban J connectivity index is 1.91. The first-order valence-corrected chi connectivity index (χ1v) is 8.37. The molecule has 2 N–H and O–H groups in total. The smallest absolute Gasteiger partial charge is 0.310 e. The second kappa shape index (κ2) is 6.32. The number of aryl methyl sites for hydroxylation is 1. The van der Waals surface area contributed by atoms with E-state index >= 15 is 0 Å². The van der Waals surface area contributed by atoms with Crippen LogP contribution in [0.4, 0.5) is 19.0 Å². The molecular formula is C18H14F3N5O2. The molecule has 4 rings (SSSR count). The van der Waals surface area contributed by atoms with Crippen molar-refractivity contribution in [2.75, 3.05) is 5.32 Å². The minimum absolute atomic E-state index is 0.0168. The number of benzene rings is 1. The van der Waals surface area contributed by atoms with Crippen molar-refractivity contribution in [3.8, 4) is 5.82 Å². The fraction of sp³-hybridized carbons (Fsp3) is 0.222. The molecule has 3 heterocycles. The van der Waals surface area contributed by atoms with E-state index in [1.165, 1.54) is 35.0 Å². The number of hydrogen-bond donors (Lipinski definition) is 2. The highest BCUT2D eigenvalue weighted by Crippen LogP contribution is 2.44. The topological polar surface area (TPSA) is 92.7 Å². The Morgan fingerprint density at radius 3 is 2.57 bits per heavy atom. The van der Waals surface area contributed by atoms with Gasteiger partial charge in [-0.15, -0.1) is 0 Å². The van der Waals surface area contributed by atoms with Crippen LogP contribution in [0, 0.1) is 6.92 Å². The van der Waals surface area contributed by atoms with Crippen molar-refractivity contribution in [3.05, 3.63) is 69.1 Å². The number of alkyl halides is 3. The summed E-state index contributed by atoms with van der Waals surface area (Å²) in [6.45, 7) is 1.65. The maximum absolute atomic E-state index is 13.5. The number of aromatic amines is 1. The first-order valence-electron chi connectivity index (χ1n) is 8.37. The monoisotopic (exact) mass is 389 g/mol. The van der Waals surface area contributed by atoms with Gasteiger partial charge in [0.05, 0.1) is 11.3 Å². The molecule has 1 aromatic carbocycles. The van der Waals surface area contributed by atoms with Crippen molar-refractivity contribution in [1.29, 1.82) is 0 Å². The molecule has 144 valence electrons. The van der Waals surface area contributed by atoms with E-state index in [0.717, 1.165) is 6.07 Å². The number of hydrogen-bond acceptors (Lipinski definition) is 4. The van der Waals surface area contributed by atoms with E-state index in [-0.39, 0.29) is 23.6 Å². The number of nitrogens with zero attached hydrogens (tertiary/aromatic N) is 3. The van der Waals surface area contributed by atoms with Gasteiger partial charge < -0.3 is 5.32 Å². The Hall–Kier alpha value is -3.43. The average Bonchev–Trinajstić information content (AvgIpc) is 2.97. The molecule has 0 saturated heterocycles. The second-order valence-electron chi connectivity index (χ2n) is 6.43. The van der Waals surface area contributed by atoms with Gasteiger partial charge in [-0.3, -0.25) is 9.59 Å². The molecule has 0 saturated carbocycles. The summed E-state index contributed by atoms with van der Waals surface area (Å²) in [5.41, 5.74) is -0.227. The van der Waals surface area contributed by atoms with Crippen LogP contribution < -0.4 is 10.9 Å². The molecular weight excluding hydrogens is 375 g/mol. The minimum atomic E-state index is -4.55. The van der Waals surface area contributed by atoms with Crippen LogP contribution in [0.1, 0.15) is 34.7 Å². The van der Waals surface area contributed by atoms with Crippen LogP contribution in [-0.2, 0) is 11.0 Å². The van der Waals surface area contributed by atoms with E-state index in [1.54, 1.807) is 6.92 Å². The van der Waals surface area contributed by atoms with Crippen LogP contribution in [0.15, 0.2) is 41.2 Å². The van der Waals surface area contributed by atoms with Gasteiger partial charge in [0.15, 0.2) is 5.82 Å². The Morgan fingerprint density at radius 1 is 1.14 bits per heavy atom. The summed E-state index contributed by atoms with van der Waals surface area (Å²) in [6, 6.07) is 7.87. The lowest BCUT2D eigenvalue weighted by Gasteiger charge is -2.26. The van der Waals surface area contributed by atoms with E-state index in [0.29, 0.717) is 11.3 Å². The predicted molar refractivity (Wildman–Crippen MR) is 93.3 cm³/mol. The summed E-state index contributed by atoms with van der Waals surface area (Å²) in [7, 11) is 0. The third-order valence-corrected chi connectivity index (χ3v) is 4.63. The summed E-state index contributed by atoms with van der Waals surface area (Å²) in [4.78, 5) is 23.5. The largest absolute Gasteiger partial charge is 0.416 e. The molecule has 0 bridgehead atoms. The van der Waals surface area contributed by atoms with Gasteiger partial charge in [-0.2, -0.15) is 28.1 Å². The van der Waals surface area contributed by atoms with E-state index in [4.69, 9.17) is 0 Å². The maximum atomic E-state index is 13.5. The van der Waals surface area contributed by atoms with Gasteiger partial charge in [0.1, 0.15) is 5.82 Å². The normalized spacial score (nSPS) is 16.6. The van der Waals surface area contributed by atoms with Gasteiger partial charge in [0.2, 0.25) is 5.91 Å². The molecule has 2 aromatic heterocycles. The SMILES string of the molecule is Cc1nn(-c2ccc(=O)[nH]n2)c2c1[C@@H](c1ccccc1C(F)(F)F)CC(=O)N2. The number of fused-ring (bicyclic) bond motifs is 1. The zero-order valence-corrected chi connectivity index (χ0v) is 14.5. The van der Waals surface area contributed by atoms with Gasteiger partial charge in [-0.1, -0.05) is 18.2 Å². The fourth-order valence-electron chi connectivity index (χ4n) is 3.49. The molecule has 0 aliphatic carbocycles. The second-order valence-corrected chi connectivity index (χ2v) is 6.43. The molecule has 0 unspecified atom stereocenters. The van der Waals surface area contributed by atoms with Crippen molar-refractivity contribution in [2.24, 2.45) is 0 Å². The third kappa shape index (κ3) is 2.96. The highest BCUT2D eigenvalue weighted by atomic mass is 19.4. The molecule has 28 heavy (non-hydrogen) atoms. The van der Waals surface area contributed by atoms with Crippen molar-refractivity contribution >= 4 is 11.7 Å². The zero-order valence-electron chi connectivity index (χ0n) is 14.5. The summed E-state index contributed by atoms with van der Waals surface area (Å²) in [5.74, 6) is -0.762. The molecule has 1 atom stereocenters. The van der Waals surface area contributed by atoms with Crippen LogP contribution in [-0.4, -0.2) is 25.9 Å². The number of amides is 1. The molecule has 1 aliphatic heterocycles. The summed E-state index contributed by atoms with van der Waals surface area (Å²) >= 11 is 0. The van der Waals surface area contributed by atoms with E-state index in [1.807, 2.05) is 0 Å². The van der Waals surface area contributed by atoms with E-state index < -0.39 is 29.1 Å². The van der Waals surface area contributed by atoms with Gasteiger partial charge in [0.25, 0.3) is 5.56 Å². The molecule has 10 heteroatoms. The Labute approximate surface area is 156 Å². The van der Waals surface area contributed by atoms with E-state index in [2.05, 4.69) is 20.6 Å². The first-order chi connectivity index (χ1) is 13.3. The first kappa shape index (κ1) is 18.0. The number of halogens is 3. The Kier molecular flexibility index (Phi) is 4.06. The molecule has 7 nitrogen and oxygen atoms in total. The average molecular weight is 389 g/mol. The molecule has 1 amide bonds. The minimum Gasteiger partial charge on any atom is -0.310 e. The van der Waals surface area contributed by atoms with Crippen LogP contribution in [0.2, 0.25) is 0 Å². The van der Waals surface area contributed by atoms with Gasteiger partial charge in [0, 0.05) is 24.0 Å². The lowest BCUT2D eigenvalue weighted by atomic mass is 9.83. The Morgan fingerprint density at radius 2 is 1.89 bits per heavy atom. The molecule has 0 radical (unpaired) electrons. The fourth-order valence-corrected chi connectivity index (χ4v) is 3.49. The number of carbonyl (C=O) groups excluding carboxylic acids is 1. The quantitative estimate of drug-likeness (QED) is 0.705. The number of H-pyrrole nitrogens is 1. The number of nitrogens with one attached hydrogen (secondary N) is 2. The van der Waals surface area contributed by atoms with E-state index in [9.17, 15) is 22.8 Å². The highest BCUT2D eigenvalue weighted by molar-refractivity contribution is 5.95. The predicted octanol–water partition coefficient (Wildman–Crippen LogP) is 2.76. The van der Waals surface area contributed by atoms with Crippen LogP contribution in [0.3, 0.4) is 0 Å². The summed E-state index contributed by atoms with van der Waals surface area (Å²) in [6.07, 6.45) is -4.68. The number of anilines is 1. The lowest BCUT2D eigenvalue weighted by Crippen LogP contribution is -2.26. The standard InChI is InChI=1S/C18H14F3N5O2/c1-9-16-11(10-4-2-3-5-12(10)18(19,20)21)8-15(28)22-17(16)26(25-9)13-6-7-14(27)24-23-13/h2-7,11H,8H2,1H3,(H,22,28)(H,24,27)/t11-/m1/s1. The van der Waals surface area contributed by atoms with Gasteiger partial charge >= 0.3 is 6.18 Å². The van der Waals surface area contributed by atoms with Crippen molar-refractivity contribution in [1.82, 2.24) is 20.0 Å².